The minimum atomic E-state index is 0.713. The van der Waals surface area contributed by atoms with Gasteiger partial charge in [-0.2, -0.15) is 0 Å². The van der Waals surface area contributed by atoms with Crippen LogP contribution < -0.4 is 9.80 Å². The first kappa shape index (κ1) is 47.6. The lowest BCUT2D eigenvalue weighted by atomic mass is 9.95. The van der Waals surface area contributed by atoms with Crippen LogP contribution in [0.15, 0.2) is 279 Å². The number of nitrogens with zero attached hydrogens (tertiary/aromatic N) is 5. The molecule has 0 bridgehead atoms. The topological polar surface area (TPSA) is 37.2 Å². The molecule has 0 aliphatic heterocycles. The second-order valence-electron chi connectivity index (χ2n) is 20.1. The molecule has 11 aromatic carbocycles. The predicted molar refractivity (Wildman–Crippen MR) is 327 cm³/mol. The Bertz CT molecular complexity index is 4030. The molecule has 0 unspecified atom stereocenters. The monoisotopic (exact) mass is 1000 g/mol. The van der Waals surface area contributed by atoms with E-state index in [0.29, 0.717) is 5.82 Å². The van der Waals surface area contributed by atoms with Crippen LogP contribution in [0, 0.1) is 20.8 Å². The van der Waals surface area contributed by atoms with Gasteiger partial charge in [0.15, 0.2) is 5.82 Å². The first-order chi connectivity index (χ1) is 38.4. The first-order valence-corrected chi connectivity index (χ1v) is 26.6. The predicted octanol–water partition coefficient (Wildman–Crippen LogP) is 19.8. The Morgan fingerprint density at radius 1 is 0.295 bits per heavy atom. The average Bonchev–Trinajstić information content (AvgIpc) is 4.04. The Morgan fingerprint density at radius 3 is 1.18 bits per heavy atom. The largest absolute Gasteiger partial charge is 0.310 e. The second kappa shape index (κ2) is 20.6. The molecule has 5 heteroatoms. The summed E-state index contributed by atoms with van der Waals surface area (Å²) in [5, 5.41) is 2.34. The van der Waals surface area contributed by atoms with E-state index >= 15 is 0 Å². The molecule has 2 heterocycles. The molecule has 0 N–H and O–H groups in total. The maximum atomic E-state index is 5.09. The third-order valence-electron chi connectivity index (χ3n) is 14.9. The summed E-state index contributed by atoms with van der Waals surface area (Å²) in [6.45, 7) is 6.46. The van der Waals surface area contributed by atoms with E-state index in [4.69, 9.17) is 9.97 Å². The Morgan fingerprint density at radius 2 is 0.692 bits per heavy atom. The van der Waals surface area contributed by atoms with Crippen LogP contribution in [0.25, 0.3) is 83.6 Å². The van der Waals surface area contributed by atoms with Crippen molar-refractivity contribution in [2.45, 2.75) is 20.8 Å². The van der Waals surface area contributed by atoms with Gasteiger partial charge in [-0.3, -0.25) is 0 Å². The molecule has 5 nitrogen and oxygen atoms in total. The number of hydrogen-bond acceptors (Lipinski definition) is 4. The van der Waals surface area contributed by atoms with Gasteiger partial charge in [0.05, 0.1) is 22.4 Å². The lowest BCUT2D eigenvalue weighted by molar-refractivity contribution is 1.18. The molecule has 0 aliphatic rings. The van der Waals surface area contributed by atoms with Gasteiger partial charge in [-0.05, 0) is 158 Å². The number of benzene rings is 11. The number of fused-ring (bicyclic) bond motifs is 3. The molecular weight excluding hydrogens is 947 g/mol. The van der Waals surface area contributed by atoms with Gasteiger partial charge in [-0.15, -0.1) is 0 Å². The summed E-state index contributed by atoms with van der Waals surface area (Å²) in [7, 11) is 0. The summed E-state index contributed by atoms with van der Waals surface area (Å²) in [5.41, 5.74) is 23.2. The normalized spacial score (nSPS) is 11.3. The molecule has 0 atom stereocenters. The fourth-order valence-electron chi connectivity index (χ4n) is 10.9. The molecule has 78 heavy (non-hydrogen) atoms. The molecule has 0 amide bonds. The van der Waals surface area contributed by atoms with Gasteiger partial charge in [0.1, 0.15) is 0 Å². The SMILES string of the molecule is Cc1ccc(N(c2ccccc2)c2ccc3c(c2)c2cc(N(c4ccccc4)c4ccc(C)cc4)ccc2n3-c2ccc(-c3ccc(-c4ccc(-c5cc(-c6ccccc6)nc(-c6ccccc6)n5)cc4C)cc3)cc2)cc1. The van der Waals surface area contributed by atoms with Crippen molar-refractivity contribution < 1.29 is 0 Å². The highest BCUT2D eigenvalue weighted by Crippen LogP contribution is 2.43. The minimum absolute atomic E-state index is 0.713. The van der Waals surface area contributed by atoms with Gasteiger partial charge in [0.25, 0.3) is 0 Å². The van der Waals surface area contributed by atoms with Crippen molar-refractivity contribution in [3.8, 4) is 61.8 Å². The molecule has 0 saturated carbocycles. The Hall–Kier alpha value is -10.1. The Kier molecular flexibility index (Phi) is 12.5. The molecule has 13 aromatic rings. The second-order valence-corrected chi connectivity index (χ2v) is 20.1. The van der Waals surface area contributed by atoms with Crippen LogP contribution in [0.3, 0.4) is 0 Å². The zero-order valence-corrected chi connectivity index (χ0v) is 43.8. The number of hydrogen-bond donors (Lipinski definition) is 0. The molecule has 0 spiro atoms. The molecule has 0 radical (unpaired) electrons. The maximum Gasteiger partial charge on any atom is 0.160 e. The van der Waals surface area contributed by atoms with Crippen molar-refractivity contribution in [2.24, 2.45) is 0 Å². The summed E-state index contributed by atoms with van der Waals surface area (Å²) in [6.07, 6.45) is 0. The van der Waals surface area contributed by atoms with E-state index in [0.717, 1.165) is 90.1 Å². The van der Waals surface area contributed by atoms with E-state index in [1.807, 2.05) is 24.3 Å². The van der Waals surface area contributed by atoms with Gasteiger partial charge < -0.3 is 14.4 Å². The Labute approximate surface area is 456 Å². The van der Waals surface area contributed by atoms with Crippen LogP contribution in [-0.4, -0.2) is 14.5 Å². The highest BCUT2D eigenvalue weighted by atomic mass is 15.1. The van der Waals surface area contributed by atoms with Crippen LogP contribution in [0.5, 0.6) is 0 Å². The summed E-state index contributed by atoms with van der Waals surface area (Å²) in [4.78, 5) is 14.8. The smallest absolute Gasteiger partial charge is 0.160 e. The third kappa shape index (κ3) is 9.29. The summed E-state index contributed by atoms with van der Waals surface area (Å²) < 4.78 is 2.42. The van der Waals surface area contributed by atoms with Crippen molar-refractivity contribution in [2.75, 3.05) is 9.80 Å². The van der Waals surface area contributed by atoms with Crippen molar-refractivity contribution in [1.82, 2.24) is 14.5 Å². The van der Waals surface area contributed by atoms with E-state index < -0.39 is 0 Å². The number of para-hydroxylation sites is 2. The fourth-order valence-corrected chi connectivity index (χ4v) is 10.9. The highest BCUT2D eigenvalue weighted by molar-refractivity contribution is 6.12. The molecule has 0 aliphatic carbocycles. The van der Waals surface area contributed by atoms with E-state index in [1.165, 1.54) is 38.6 Å². The van der Waals surface area contributed by atoms with Gasteiger partial charge >= 0.3 is 0 Å². The summed E-state index contributed by atoms with van der Waals surface area (Å²) in [6, 6.07) is 100. The van der Waals surface area contributed by atoms with Crippen LogP contribution >= 0.6 is 0 Å². The zero-order chi connectivity index (χ0) is 52.5. The van der Waals surface area contributed by atoms with Gasteiger partial charge in [0, 0.05) is 67.3 Å². The number of anilines is 6. The fraction of sp³-hybridized carbons (Fsp3) is 0.0411. The summed E-state index contributed by atoms with van der Waals surface area (Å²) >= 11 is 0. The van der Waals surface area contributed by atoms with Crippen molar-refractivity contribution in [3.05, 3.63) is 296 Å². The van der Waals surface area contributed by atoms with Crippen LogP contribution in [-0.2, 0) is 0 Å². The van der Waals surface area contributed by atoms with Crippen molar-refractivity contribution >= 4 is 55.9 Å². The van der Waals surface area contributed by atoms with Crippen LogP contribution in [0.2, 0.25) is 0 Å². The third-order valence-corrected chi connectivity index (χ3v) is 14.9. The minimum Gasteiger partial charge on any atom is -0.310 e. The van der Waals surface area contributed by atoms with Gasteiger partial charge in [-0.25, -0.2) is 9.97 Å². The maximum absolute atomic E-state index is 5.09. The van der Waals surface area contributed by atoms with Gasteiger partial charge in [0.2, 0.25) is 0 Å². The quantitative estimate of drug-likeness (QED) is 0.122. The molecular formula is C73H55N5. The lowest BCUT2D eigenvalue weighted by Crippen LogP contribution is -2.10. The molecule has 2 aromatic heterocycles. The van der Waals surface area contributed by atoms with Gasteiger partial charge in [-0.1, -0.05) is 181 Å². The molecule has 0 saturated heterocycles. The summed E-state index contributed by atoms with van der Waals surface area (Å²) in [5.74, 6) is 0.713. The molecule has 0 fully saturated rings. The van der Waals surface area contributed by atoms with Crippen LogP contribution in [0.4, 0.5) is 34.1 Å². The zero-order valence-electron chi connectivity index (χ0n) is 43.8. The van der Waals surface area contributed by atoms with Crippen molar-refractivity contribution in [1.29, 1.82) is 0 Å². The molecule has 372 valence electrons. The lowest BCUT2D eigenvalue weighted by Gasteiger charge is -2.26. The van der Waals surface area contributed by atoms with Crippen molar-refractivity contribution in [3.63, 3.8) is 0 Å². The Balaban J connectivity index is 0.858. The highest BCUT2D eigenvalue weighted by Gasteiger charge is 2.21. The van der Waals surface area contributed by atoms with E-state index in [2.05, 4.69) is 290 Å². The van der Waals surface area contributed by atoms with E-state index in [1.54, 1.807) is 0 Å². The number of aromatic nitrogens is 3. The standard InChI is InChI=1S/C73H55N5/c1-50-24-35-61(36-25-50)76(59-20-12-6-13-21-59)64-41-44-71-67(47-64)68-48-65(77(60-22-14-7-15-23-60)62-37-26-51(2)27-38-62)42-45-72(68)78(71)63-39-32-54(33-40-63)53-28-30-55(31-29-53)66-43-34-58(46-52(66)3)70-49-69(56-16-8-4-9-17-56)74-73(75-70)57-18-10-5-11-19-57/h4-49H,1-3H3. The van der Waals surface area contributed by atoms with E-state index in [-0.39, 0.29) is 0 Å². The average molecular weight is 1000 g/mol. The van der Waals surface area contributed by atoms with Crippen LogP contribution in [0.1, 0.15) is 16.7 Å². The number of rotatable bonds is 12. The number of aryl methyl sites for hydroxylation is 3. The first-order valence-electron chi connectivity index (χ1n) is 26.6. The van der Waals surface area contributed by atoms with E-state index in [9.17, 15) is 0 Å². The molecule has 13 rings (SSSR count).